The van der Waals surface area contributed by atoms with Crippen molar-refractivity contribution in [3.63, 3.8) is 0 Å². The molecule has 1 aliphatic heterocycles. The molecule has 0 amide bonds. The maximum absolute atomic E-state index is 9.01. The lowest BCUT2D eigenvalue weighted by molar-refractivity contribution is 0.399. The SMILES string of the molecule is Cc1ccc(C#N)c(NCC2CCN(C)C2)n1. The van der Waals surface area contributed by atoms with Gasteiger partial charge in [0.15, 0.2) is 0 Å². The van der Waals surface area contributed by atoms with Gasteiger partial charge in [-0.2, -0.15) is 5.26 Å². The zero-order valence-electron chi connectivity index (χ0n) is 10.4. The smallest absolute Gasteiger partial charge is 0.144 e. The van der Waals surface area contributed by atoms with E-state index in [1.54, 1.807) is 0 Å². The number of aryl methyl sites for hydroxylation is 1. The molecule has 2 heterocycles. The van der Waals surface area contributed by atoms with Crippen LogP contribution in [0, 0.1) is 24.2 Å². The van der Waals surface area contributed by atoms with Crippen molar-refractivity contribution in [3.05, 3.63) is 23.4 Å². The third kappa shape index (κ3) is 2.95. The van der Waals surface area contributed by atoms with Gasteiger partial charge >= 0.3 is 0 Å². The minimum atomic E-state index is 0.627. The number of nitriles is 1. The molecular weight excluding hydrogens is 212 g/mol. The Morgan fingerprint density at radius 3 is 3.06 bits per heavy atom. The molecular formula is C13H18N4. The second-order valence-corrected chi connectivity index (χ2v) is 4.76. The number of nitrogens with zero attached hydrogens (tertiary/aromatic N) is 3. The molecule has 0 bridgehead atoms. The van der Waals surface area contributed by atoms with Crippen LogP contribution in [0.3, 0.4) is 0 Å². The van der Waals surface area contributed by atoms with Crippen molar-refractivity contribution >= 4 is 5.82 Å². The molecule has 1 N–H and O–H groups in total. The number of hydrogen-bond acceptors (Lipinski definition) is 4. The first-order valence-corrected chi connectivity index (χ1v) is 5.99. The minimum absolute atomic E-state index is 0.627. The fourth-order valence-corrected chi connectivity index (χ4v) is 2.22. The van der Waals surface area contributed by atoms with Crippen LogP contribution in [0.4, 0.5) is 5.82 Å². The van der Waals surface area contributed by atoms with Crippen molar-refractivity contribution in [1.29, 1.82) is 5.26 Å². The van der Waals surface area contributed by atoms with E-state index in [9.17, 15) is 0 Å². The fourth-order valence-electron chi connectivity index (χ4n) is 2.22. The van der Waals surface area contributed by atoms with Crippen LogP contribution in [0.2, 0.25) is 0 Å². The van der Waals surface area contributed by atoms with Gasteiger partial charge in [-0.25, -0.2) is 4.98 Å². The van der Waals surface area contributed by atoms with E-state index >= 15 is 0 Å². The summed E-state index contributed by atoms with van der Waals surface area (Å²) < 4.78 is 0. The molecule has 17 heavy (non-hydrogen) atoms. The molecule has 0 radical (unpaired) electrons. The van der Waals surface area contributed by atoms with Crippen LogP contribution in [-0.2, 0) is 0 Å². The second-order valence-electron chi connectivity index (χ2n) is 4.76. The summed E-state index contributed by atoms with van der Waals surface area (Å²) in [6.07, 6.45) is 1.22. The van der Waals surface area contributed by atoms with Crippen molar-refractivity contribution < 1.29 is 0 Å². The lowest BCUT2D eigenvalue weighted by atomic mass is 10.1. The van der Waals surface area contributed by atoms with E-state index in [-0.39, 0.29) is 0 Å². The Balaban J connectivity index is 1.99. The molecule has 2 rings (SSSR count). The summed E-state index contributed by atoms with van der Waals surface area (Å²) >= 11 is 0. The number of rotatable bonds is 3. The van der Waals surface area contributed by atoms with Crippen LogP contribution in [-0.4, -0.2) is 36.6 Å². The molecule has 0 spiro atoms. The summed E-state index contributed by atoms with van der Waals surface area (Å²) in [6, 6.07) is 5.86. The third-order valence-electron chi connectivity index (χ3n) is 3.20. The highest BCUT2D eigenvalue weighted by atomic mass is 15.1. The predicted molar refractivity (Wildman–Crippen MR) is 67.8 cm³/mol. The van der Waals surface area contributed by atoms with Crippen molar-refractivity contribution in [2.45, 2.75) is 13.3 Å². The van der Waals surface area contributed by atoms with E-state index < -0.39 is 0 Å². The van der Waals surface area contributed by atoms with Gasteiger partial charge in [0.05, 0.1) is 5.56 Å². The van der Waals surface area contributed by atoms with Crippen molar-refractivity contribution in [2.24, 2.45) is 5.92 Å². The monoisotopic (exact) mass is 230 g/mol. The fraction of sp³-hybridized carbons (Fsp3) is 0.538. The quantitative estimate of drug-likeness (QED) is 0.857. The lowest BCUT2D eigenvalue weighted by Crippen LogP contribution is -2.19. The van der Waals surface area contributed by atoms with E-state index in [1.165, 1.54) is 13.0 Å². The standard InChI is InChI=1S/C13H18N4/c1-10-3-4-12(7-14)13(16-10)15-8-11-5-6-17(2)9-11/h3-4,11H,5-6,8-9H2,1-2H3,(H,15,16). The van der Waals surface area contributed by atoms with Gasteiger partial charge in [-0.3, -0.25) is 0 Å². The van der Waals surface area contributed by atoms with E-state index in [1.807, 2.05) is 19.1 Å². The van der Waals surface area contributed by atoms with Crippen LogP contribution in [0.1, 0.15) is 17.7 Å². The van der Waals surface area contributed by atoms with E-state index in [0.717, 1.165) is 24.6 Å². The summed E-state index contributed by atoms with van der Waals surface area (Å²) in [4.78, 5) is 6.71. The van der Waals surface area contributed by atoms with Crippen LogP contribution in [0.5, 0.6) is 0 Å². The summed E-state index contributed by atoms with van der Waals surface area (Å²) in [5.74, 6) is 1.39. The van der Waals surface area contributed by atoms with Gasteiger partial charge < -0.3 is 10.2 Å². The van der Waals surface area contributed by atoms with E-state index in [4.69, 9.17) is 5.26 Å². The molecule has 1 saturated heterocycles. The molecule has 1 atom stereocenters. The van der Waals surface area contributed by atoms with Gasteiger partial charge in [0, 0.05) is 18.8 Å². The highest BCUT2D eigenvalue weighted by molar-refractivity contribution is 5.52. The Morgan fingerprint density at radius 1 is 1.59 bits per heavy atom. The highest BCUT2D eigenvalue weighted by Crippen LogP contribution is 2.17. The molecule has 1 fully saturated rings. The number of nitrogens with one attached hydrogen (secondary N) is 1. The average molecular weight is 230 g/mol. The highest BCUT2D eigenvalue weighted by Gasteiger charge is 2.19. The molecule has 0 aliphatic carbocycles. The summed E-state index contributed by atoms with van der Waals surface area (Å²) in [6.45, 7) is 5.13. The topological polar surface area (TPSA) is 52.0 Å². The number of anilines is 1. The molecule has 1 unspecified atom stereocenters. The Bertz CT molecular complexity index is 436. The lowest BCUT2D eigenvalue weighted by Gasteiger charge is -2.13. The van der Waals surface area contributed by atoms with Gasteiger partial charge in [-0.05, 0) is 45.0 Å². The minimum Gasteiger partial charge on any atom is -0.369 e. The van der Waals surface area contributed by atoms with Crippen molar-refractivity contribution in [3.8, 4) is 6.07 Å². The van der Waals surface area contributed by atoms with Gasteiger partial charge in [-0.1, -0.05) is 0 Å². The molecule has 1 aromatic heterocycles. The van der Waals surface area contributed by atoms with Crippen LogP contribution >= 0.6 is 0 Å². The molecule has 4 nitrogen and oxygen atoms in total. The molecule has 0 aromatic carbocycles. The molecule has 4 heteroatoms. The Morgan fingerprint density at radius 2 is 2.41 bits per heavy atom. The van der Waals surface area contributed by atoms with Gasteiger partial charge in [0.1, 0.15) is 11.9 Å². The largest absolute Gasteiger partial charge is 0.369 e. The number of likely N-dealkylation sites (tertiary alicyclic amines) is 1. The van der Waals surface area contributed by atoms with E-state index in [0.29, 0.717) is 11.5 Å². The predicted octanol–water partition coefficient (Wildman–Crippen LogP) is 1.63. The summed E-state index contributed by atoms with van der Waals surface area (Å²) in [5, 5.41) is 12.3. The summed E-state index contributed by atoms with van der Waals surface area (Å²) in [7, 11) is 2.14. The van der Waals surface area contributed by atoms with E-state index in [2.05, 4.69) is 28.3 Å². The maximum atomic E-state index is 9.01. The van der Waals surface area contributed by atoms with Gasteiger partial charge in [0.2, 0.25) is 0 Å². The zero-order chi connectivity index (χ0) is 12.3. The molecule has 1 aromatic rings. The number of aromatic nitrogens is 1. The molecule has 0 saturated carbocycles. The number of pyridine rings is 1. The normalized spacial score (nSPS) is 20.2. The second kappa shape index (κ2) is 5.15. The Kier molecular flexibility index (Phi) is 3.60. The first-order chi connectivity index (χ1) is 8.19. The third-order valence-corrected chi connectivity index (χ3v) is 3.20. The molecule has 1 aliphatic rings. The van der Waals surface area contributed by atoms with Crippen LogP contribution in [0.25, 0.3) is 0 Å². The molecule has 90 valence electrons. The van der Waals surface area contributed by atoms with Gasteiger partial charge in [-0.15, -0.1) is 0 Å². The first kappa shape index (κ1) is 11.9. The number of hydrogen-bond donors (Lipinski definition) is 1. The Hall–Kier alpha value is -1.60. The van der Waals surface area contributed by atoms with Crippen LogP contribution < -0.4 is 5.32 Å². The first-order valence-electron chi connectivity index (χ1n) is 5.99. The zero-order valence-corrected chi connectivity index (χ0v) is 10.4. The maximum Gasteiger partial charge on any atom is 0.144 e. The van der Waals surface area contributed by atoms with Gasteiger partial charge in [0.25, 0.3) is 0 Å². The average Bonchev–Trinajstić information content (AvgIpc) is 2.73. The summed E-state index contributed by atoms with van der Waals surface area (Å²) in [5.41, 5.74) is 1.57. The Labute approximate surface area is 102 Å². The van der Waals surface area contributed by atoms with Crippen molar-refractivity contribution in [1.82, 2.24) is 9.88 Å². The van der Waals surface area contributed by atoms with Crippen LogP contribution in [0.15, 0.2) is 12.1 Å². The van der Waals surface area contributed by atoms with Crippen molar-refractivity contribution in [2.75, 3.05) is 32.0 Å².